The van der Waals surface area contributed by atoms with Crippen LogP contribution in [0, 0.1) is 12.8 Å². The van der Waals surface area contributed by atoms with Gasteiger partial charge in [-0.15, -0.1) is 0 Å². The molecule has 0 saturated carbocycles. The Morgan fingerprint density at radius 2 is 2.04 bits per heavy atom. The van der Waals surface area contributed by atoms with E-state index in [1.165, 1.54) is 0 Å². The van der Waals surface area contributed by atoms with Crippen LogP contribution in [0.5, 0.6) is 0 Å². The summed E-state index contributed by atoms with van der Waals surface area (Å²) in [4.78, 5) is 32.0. The minimum atomic E-state index is -0.0501. The van der Waals surface area contributed by atoms with Crippen molar-refractivity contribution in [3.8, 4) is 0 Å². The number of rotatable bonds is 3. The van der Waals surface area contributed by atoms with Crippen molar-refractivity contribution in [3.05, 3.63) is 45.9 Å². The van der Waals surface area contributed by atoms with Crippen LogP contribution in [0.4, 0.5) is 0 Å². The van der Waals surface area contributed by atoms with Gasteiger partial charge in [0.15, 0.2) is 0 Å². The molecule has 4 rings (SSSR count). The lowest BCUT2D eigenvalue weighted by molar-refractivity contribution is 0.0664. The first-order chi connectivity index (χ1) is 12.4. The SMILES string of the molecule is Cc1cncc(C(=O)N2[C@@H]3CC[C@H]2Cc2nn(CC(C)C)c(=O)n2C3)c1. The minimum absolute atomic E-state index is 0.0157. The van der Waals surface area contributed by atoms with Gasteiger partial charge in [0.05, 0.1) is 11.6 Å². The molecule has 1 saturated heterocycles. The third kappa shape index (κ3) is 2.85. The fourth-order valence-corrected chi connectivity index (χ4v) is 4.20. The van der Waals surface area contributed by atoms with E-state index in [9.17, 15) is 9.59 Å². The Balaban J connectivity index is 1.64. The van der Waals surface area contributed by atoms with Gasteiger partial charge in [-0.1, -0.05) is 13.8 Å². The number of aromatic nitrogens is 4. The van der Waals surface area contributed by atoms with Crippen molar-refractivity contribution < 1.29 is 4.79 Å². The quantitative estimate of drug-likeness (QED) is 0.839. The molecule has 7 heteroatoms. The summed E-state index contributed by atoms with van der Waals surface area (Å²) in [5.41, 5.74) is 1.55. The molecule has 2 aromatic rings. The van der Waals surface area contributed by atoms with E-state index in [2.05, 4.69) is 23.9 Å². The third-order valence-corrected chi connectivity index (χ3v) is 5.33. The molecule has 2 aliphatic rings. The monoisotopic (exact) mass is 355 g/mol. The van der Waals surface area contributed by atoms with Crippen LogP contribution in [-0.2, 0) is 19.5 Å². The fourth-order valence-electron chi connectivity index (χ4n) is 4.20. The highest BCUT2D eigenvalue weighted by Gasteiger charge is 2.41. The minimum Gasteiger partial charge on any atom is -0.330 e. The van der Waals surface area contributed by atoms with E-state index >= 15 is 0 Å². The normalized spacial score (nSPS) is 21.8. The molecule has 0 spiro atoms. The zero-order valence-electron chi connectivity index (χ0n) is 15.6. The van der Waals surface area contributed by atoms with Crippen molar-refractivity contribution in [2.45, 2.75) is 65.2 Å². The Labute approximate surface area is 152 Å². The summed E-state index contributed by atoms with van der Waals surface area (Å²) in [6.45, 7) is 7.26. The van der Waals surface area contributed by atoms with E-state index in [-0.39, 0.29) is 23.7 Å². The molecule has 1 amide bonds. The molecule has 7 nitrogen and oxygen atoms in total. The molecular weight excluding hydrogens is 330 g/mol. The zero-order valence-corrected chi connectivity index (χ0v) is 15.6. The summed E-state index contributed by atoms with van der Waals surface area (Å²) < 4.78 is 3.36. The van der Waals surface area contributed by atoms with Crippen molar-refractivity contribution in [1.82, 2.24) is 24.2 Å². The number of carbonyl (C=O) groups excluding carboxylic acids is 1. The van der Waals surface area contributed by atoms with Gasteiger partial charge in [-0.3, -0.25) is 14.3 Å². The van der Waals surface area contributed by atoms with Crippen LogP contribution in [0.1, 0.15) is 48.4 Å². The van der Waals surface area contributed by atoms with E-state index in [1.54, 1.807) is 21.6 Å². The maximum atomic E-state index is 13.1. The number of hydrogen-bond acceptors (Lipinski definition) is 4. The van der Waals surface area contributed by atoms with Crippen molar-refractivity contribution >= 4 is 5.91 Å². The first-order valence-corrected chi connectivity index (χ1v) is 9.35. The molecule has 0 aliphatic carbocycles. The zero-order chi connectivity index (χ0) is 18.4. The van der Waals surface area contributed by atoms with Gasteiger partial charge in [-0.05, 0) is 37.3 Å². The Morgan fingerprint density at radius 1 is 1.27 bits per heavy atom. The molecule has 2 aromatic heterocycles. The summed E-state index contributed by atoms with van der Waals surface area (Å²) >= 11 is 0. The highest BCUT2D eigenvalue weighted by molar-refractivity contribution is 5.94. The molecule has 0 aromatic carbocycles. The predicted octanol–water partition coefficient (Wildman–Crippen LogP) is 1.63. The van der Waals surface area contributed by atoms with Crippen molar-refractivity contribution in [2.75, 3.05) is 0 Å². The first-order valence-electron chi connectivity index (χ1n) is 9.35. The lowest BCUT2D eigenvalue weighted by atomic mass is 10.1. The molecular formula is C19H25N5O2. The Hall–Kier alpha value is -2.44. The maximum absolute atomic E-state index is 13.1. The van der Waals surface area contributed by atoms with Gasteiger partial charge in [-0.2, -0.15) is 5.10 Å². The van der Waals surface area contributed by atoms with Gasteiger partial charge in [0, 0.05) is 37.9 Å². The van der Waals surface area contributed by atoms with Gasteiger partial charge in [0.1, 0.15) is 5.82 Å². The number of carbonyl (C=O) groups is 1. The average Bonchev–Trinajstić information content (AvgIpc) is 3.03. The molecule has 0 radical (unpaired) electrons. The van der Waals surface area contributed by atoms with Crippen molar-refractivity contribution in [2.24, 2.45) is 5.92 Å². The Bertz CT molecular complexity index is 898. The summed E-state index contributed by atoms with van der Waals surface area (Å²) in [5, 5.41) is 4.57. The lowest BCUT2D eigenvalue weighted by Crippen LogP contribution is -2.43. The third-order valence-electron chi connectivity index (χ3n) is 5.33. The second kappa shape index (κ2) is 6.37. The Morgan fingerprint density at radius 3 is 2.77 bits per heavy atom. The molecule has 0 N–H and O–H groups in total. The van der Waals surface area contributed by atoms with E-state index < -0.39 is 0 Å². The molecule has 1 fully saturated rings. The van der Waals surface area contributed by atoms with Gasteiger partial charge >= 0.3 is 5.69 Å². The van der Waals surface area contributed by atoms with Gasteiger partial charge in [0.2, 0.25) is 0 Å². The largest absolute Gasteiger partial charge is 0.345 e. The van der Waals surface area contributed by atoms with E-state index in [0.717, 1.165) is 24.2 Å². The highest BCUT2D eigenvalue weighted by atomic mass is 16.2. The predicted molar refractivity (Wildman–Crippen MR) is 97.0 cm³/mol. The molecule has 0 unspecified atom stereocenters. The van der Waals surface area contributed by atoms with Crippen LogP contribution < -0.4 is 5.69 Å². The number of nitrogens with zero attached hydrogens (tertiary/aromatic N) is 5. The summed E-state index contributed by atoms with van der Waals surface area (Å²) in [7, 11) is 0. The van der Waals surface area contributed by atoms with E-state index in [0.29, 0.717) is 31.0 Å². The van der Waals surface area contributed by atoms with E-state index in [4.69, 9.17) is 0 Å². The lowest BCUT2D eigenvalue weighted by Gasteiger charge is -2.28. The van der Waals surface area contributed by atoms with E-state index in [1.807, 2.05) is 17.9 Å². The van der Waals surface area contributed by atoms with Crippen molar-refractivity contribution in [3.63, 3.8) is 0 Å². The number of fused-ring (bicyclic) bond motifs is 3. The Kier molecular flexibility index (Phi) is 4.17. The second-order valence-corrected chi connectivity index (χ2v) is 7.94. The number of aryl methyl sites for hydroxylation is 1. The average molecular weight is 355 g/mol. The van der Waals surface area contributed by atoms with Crippen LogP contribution in [0.15, 0.2) is 23.3 Å². The van der Waals surface area contributed by atoms with Crippen LogP contribution >= 0.6 is 0 Å². The highest BCUT2D eigenvalue weighted by Crippen LogP contribution is 2.31. The van der Waals surface area contributed by atoms with Crippen molar-refractivity contribution in [1.29, 1.82) is 0 Å². The van der Waals surface area contributed by atoms with Gasteiger partial charge in [-0.25, -0.2) is 9.48 Å². The fraction of sp³-hybridized carbons (Fsp3) is 0.579. The number of hydrogen-bond donors (Lipinski definition) is 0. The molecule has 4 heterocycles. The van der Waals surface area contributed by atoms with Crippen LogP contribution in [0.2, 0.25) is 0 Å². The van der Waals surface area contributed by atoms with Crippen LogP contribution in [0.3, 0.4) is 0 Å². The smallest absolute Gasteiger partial charge is 0.330 e. The topological polar surface area (TPSA) is 73.0 Å². The first kappa shape index (κ1) is 17.0. The summed E-state index contributed by atoms with van der Waals surface area (Å²) in [6, 6.07) is 2.03. The standard InChI is InChI=1S/C19H25N5O2/c1-12(2)10-23-19(26)22-11-16-5-4-15(7-17(22)21-23)24(16)18(25)14-6-13(3)8-20-9-14/h6,8-9,12,15-16H,4-5,7,10-11H2,1-3H3/t15-,16+/m0/s1. The summed E-state index contributed by atoms with van der Waals surface area (Å²) in [6.07, 6.45) is 5.91. The van der Waals surface area contributed by atoms with Gasteiger partial charge in [0.25, 0.3) is 5.91 Å². The van der Waals surface area contributed by atoms with Gasteiger partial charge < -0.3 is 4.90 Å². The van der Waals surface area contributed by atoms with Crippen LogP contribution in [0.25, 0.3) is 0 Å². The number of pyridine rings is 1. The molecule has 2 atom stereocenters. The molecule has 138 valence electrons. The number of amides is 1. The molecule has 2 aliphatic heterocycles. The second-order valence-electron chi connectivity index (χ2n) is 7.94. The molecule has 2 bridgehead atoms. The summed E-state index contributed by atoms with van der Waals surface area (Å²) in [5.74, 6) is 1.19. The molecule has 26 heavy (non-hydrogen) atoms. The van der Waals surface area contributed by atoms with Crippen LogP contribution in [-0.4, -0.2) is 42.2 Å². The maximum Gasteiger partial charge on any atom is 0.345 e.